The summed E-state index contributed by atoms with van der Waals surface area (Å²) >= 11 is 0. The second-order valence-electron chi connectivity index (χ2n) is 9.46. The summed E-state index contributed by atoms with van der Waals surface area (Å²) in [5, 5.41) is 17.7. The summed E-state index contributed by atoms with van der Waals surface area (Å²) in [5.41, 5.74) is 1.67. The van der Waals surface area contributed by atoms with Crippen molar-refractivity contribution in [1.82, 2.24) is 21.4 Å². The number of amides is 4. The second-order valence-corrected chi connectivity index (χ2v) is 9.46. The summed E-state index contributed by atoms with van der Waals surface area (Å²) in [6.07, 6.45) is 3.84. The first-order valence-electron chi connectivity index (χ1n) is 12.4. The van der Waals surface area contributed by atoms with E-state index in [1.807, 2.05) is 13.8 Å². The molecule has 0 aromatic heterocycles. The number of alkyl carbamates (subject to hydrolysis) is 1. The lowest BCUT2D eigenvalue weighted by Crippen LogP contribution is -2.51. The van der Waals surface area contributed by atoms with E-state index in [0.717, 1.165) is 12.8 Å². The van der Waals surface area contributed by atoms with E-state index in [-0.39, 0.29) is 31.0 Å². The molecule has 11 nitrogen and oxygen atoms in total. The third-order valence-electron chi connectivity index (χ3n) is 6.24. The zero-order valence-corrected chi connectivity index (χ0v) is 20.3. The number of nitrogens with one attached hydrogen (secondary N) is 4. The van der Waals surface area contributed by atoms with Gasteiger partial charge >= 0.3 is 6.09 Å². The fraction of sp³-hybridized carbons (Fsp3) is 0.826. The van der Waals surface area contributed by atoms with Gasteiger partial charge in [0.25, 0.3) is 0 Å². The first-order chi connectivity index (χ1) is 16.3. The third-order valence-corrected chi connectivity index (χ3v) is 6.24. The minimum Gasteiger partial charge on any atom is -0.450 e. The molecule has 11 heteroatoms. The average Bonchev–Trinajstić information content (AvgIpc) is 3.32. The van der Waals surface area contributed by atoms with Gasteiger partial charge in [-0.3, -0.25) is 19.6 Å². The van der Waals surface area contributed by atoms with Crippen molar-refractivity contribution in [1.29, 1.82) is 0 Å². The monoisotopic (exact) mass is 484 g/mol. The van der Waals surface area contributed by atoms with Gasteiger partial charge in [0.05, 0.1) is 18.6 Å². The van der Waals surface area contributed by atoms with E-state index in [0.29, 0.717) is 51.8 Å². The summed E-state index contributed by atoms with van der Waals surface area (Å²) in [4.78, 5) is 50.6. The molecule has 0 spiro atoms. The van der Waals surface area contributed by atoms with Crippen LogP contribution in [-0.4, -0.2) is 67.5 Å². The normalized spacial score (nSPS) is 27.5. The van der Waals surface area contributed by atoms with Crippen molar-refractivity contribution in [2.45, 2.75) is 77.4 Å². The van der Waals surface area contributed by atoms with Gasteiger partial charge < -0.3 is 25.4 Å². The predicted octanol–water partition coefficient (Wildman–Crippen LogP) is 1.24. The number of rotatable bonds is 6. The number of hydroxylamine groups is 1. The van der Waals surface area contributed by atoms with Gasteiger partial charge in [-0.05, 0) is 57.3 Å². The average molecular weight is 485 g/mol. The van der Waals surface area contributed by atoms with E-state index in [1.54, 1.807) is 5.48 Å². The lowest BCUT2D eigenvalue weighted by atomic mass is 9.81. The maximum atomic E-state index is 13.4. The van der Waals surface area contributed by atoms with Crippen molar-refractivity contribution >= 4 is 23.8 Å². The molecule has 2 fully saturated rings. The second kappa shape index (κ2) is 14.8. The van der Waals surface area contributed by atoms with Crippen LogP contribution in [0.4, 0.5) is 4.79 Å². The fourth-order valence-corrected chi connectivity index (χ4v) is 4.43. The Labute approximate surface area is 201 Å². The molecule has 0 bridgehead atoms. The summed E-state index contributed by atoms with van der Waals surface area (Å²) in [6.45, 7) is 5.42. The van der Waals surface area contributed by atoms with E-state index >= 15 is 0 Å². The van der Waals surface area contributed by atoms with Crippen molar-refractivity contribution < 1.29 is 33.9 Å². The SMILES string of the molecule is CC(C)C[C@H]1C(=O)N[C@H](C(=O)NC[C@@H]2CCCO2)CCCCNC(=O)OCCC[C@@H]1C(=O)NO. The Morgan fingerprint density at radius 2 is 1.82 bits per heavy atom. The summed E-state index contributed by atoms with van der Waals surface area (Å²) in [6, 6.07) is -0.779. The Bertz CT molecular complexity index is 682. The van der Waals surface area contributed by atoms with Crippen molar-refractivity contribution in [3.8, 4) is 0 Å². The first-order valence-corrected chi connectivity index (χ1v) is 12.4. The van der Waals surface area contributed by atoms with Gasteiger partial charge in [0, 0.05) is 25.6 Å². The van der Waals surface area contributed by atoms with Crippen LogP contribution in [0.25, 0.3) is 0 Å². The van der Waals surface area contributed by atoms with E-state index in [1.165, 1.54) is 0 Å². The zero-order chi connectivity index (χ0) is 24.9. The molecule has 34 heavy (non-hydrogen) atoms. The van der Waals surface area contributed by atoms with Crippen molar-refractivity contribution in [2.75, 3.05) is 26.3 Å². The van der Waals surface area contributed by atoms with Gasteiger partial charge in [0.1, 0.15) is 6.04 Å². The molecule has 0 aromatic carbocycles. The lowest BCUT2D eigenvalue weighted by molar-refractivity contribution is -0.142. The molecule has 2 heterocycles. The van der Waals surface area contributed by atoms with E-state index in [9.17, 15) is 24.4 Å². The van der Waals surface area contributed by atoms with Gasteiger partial charge in [0.15, 0.2) is 0 Å². The van der Waals surface area contributed by atoms with Gasteiger partial charge in [-0.25, -0.2) is 10.3 Å². The molecule has 0 radical (unpaired) electrons. The van der Waals surface area contributed by atoms with Gasteiger partial charge in [0.2, 0.25) is 17.7 Å². The van der Waals surface area contributed by atoms with E-state index in [2.05, 4.69) is 16.0 Å². The number of cyclic esters (lactones) is 1. The number of carbonyl (C=O) groups excluding carboxylic acids is 4. The highest BCUT2D eigenvalue weighted by Crippen LogP contribution is 2.26. The number of hydrogen-bond acceptors (Lipinski definition) is 7. The predicted molar refractivity (Wildman–Crippen MR) is 123 cm³/mol. The van der Waals surface area contributed by atoms with Crippen LogP contribution in [0.5, 0.6) is 0 Å². The molecular formula is C23H40N4O7. The highest BCUT2D eigenvalue weighted by Gasteiger charge is 2.36. The third kappa shape index (κ3) is 9.46. The summed E-state index contributed by atoms with van der Waals surface area (Å²) in [7, 11) is 0. The maximum absolute atomic E-state index is 13.4. The highest BCUT2D eigenvalue weighted by atomic mass is 16.5. The van der Waals surface area contributed by atoms with Crippen molar-refractivity contribution in [3.63, 3.8) is 0 Å². The smallest absolute Gasteiger partial charge is 0.407 e. The molecule has 2 saturated heterocycles. The minimum atomic E-state index is -0.834. The quantitative estimate of drug-likeness (QED) is 0.281. The molecule has 0 unspecified atom stereocenters. The lowest BCUT2D eigenvalue weighted by Gasteiger charge is -2.28. The molecule has 2 aliphatic rings. The molecule has 0 aliphatic carbocycles. The fourth-order valence-electron chi connectivity index (χ4n) is 4.43. The van der Waals surface area contributed by atoms with Crippen LogP contribution >= 0.6 is 0 Å². The Hall–Kier alpha value is -2.40. The molecule has 4 amide bonds. The van der Waals surface area contributed by atoms with Crippen molar-refractivity contribution in [2.24, 2.45) is 17.8 Å². The van der Waals surface area contributed by atoms with Crippen LogP contribution in [0.15, 0.2) is 0 Å². The Morgan fingerprint density at radius 1 is 1.06 bits per heavy atom. The van der Waals surface area contributed by atoms with Crippen molar-refractivity contribution in [3.05, 3.63) is 0 Å². The van der Waals surface area contributed by atoms with Gasteiger partial charge in [-0.2, -0.15) is 0 Å². The maximum Gasteiger partial charge on any atom is 0.407 e. The molecule has 0 aromatic rings. The highest BCUT2D eigenvalue weighted by molar-refractivity contribution is 5.91. The van der Waals surface area contributed by atoms with Crippen LogP contribution in [0, 0.1) is 17.8 Å². The zero-order valence-electron chi connectivity index (χ0n) is 20.3. The number of hydrogen-bond donors (Lipinski definition) is 5. The van der Waals surface area contributed by atoms with E-state index in [4.69, 9.17) is 9.47 Å². The van der Waals surface area contributed by atoms with Crippen LogP contribution in [-0.2, 0) is 23.9 Å². The standard InChI is InChI=1S/C23H40N4O7/c1-15(2)13-18-17(21(29)27-32)8-6-12-34-23(31)24-10-4-3-9-19(26-20(18)28)22(30)25-14-16-7-5-11-33-16/h15-19,32H,3-14H2,1-2H3,(H,24,31)(H,25,30)(H,26,28)(H,27,29)/t16-,17-,18+,19-/m0/s1. The largest absolute Gasteiger partial charge is 0.450 e. The van der Waals surface area contributed by atoms with Crippen LogP contribution in [0.2, 0.25) is 0 Å². The molecule has 5 N–H and O–H groups in total. The summed E-state index contributed by atoms with van der Waals surface area (Å²) < 4.78 is 10.7. The molecule has 2 rings (SSSR count). The first kappa shape index (κ1) is 27.8. The number of ether oxygens (including phenoxy) is 2. The molecule has 0 saturated carbocycles. The molecule has 4 atom stereocenters. The summed E-state index contributed by atoms with van der Waals surface area (Å²) in [5.74, 6) is -2.86. The number of carbonyl (C=O) groups is 4. The van der Waals surface area contributed by atoms with Gasteiger partial charge in [-0.1, -0.05) is 13.8 Å². The molecular weight excluding hydrogens is 444 g/mol. The van der Waals surface area contributed by atoms with Crippen LogP contribution in [0.1, 0.15) is 65.2 Å². The minimum absolute atomic E-state index is 0.0246. The van der Waals surface area contributed by atoms with Crippen LogP contribution in [0.3, 0.4) is 0 Å². The topological polar surface area (TPSA) is 155 Å². The van der Waals surface area contributed by atoms with Crippen LogP contribution < -0.4 is 21.4 Å². The van der Waals surface area contributed by atoms with E-state index < -0.39 is 35.8 Å². The molecule has 2 aliphatic heterocycles. The Balaban J connectivity index is 2.19. The van der Waals surface area contributed by atoms with Gasteiger partial charge in [-0.15, -0.1) is 0 Å². The molecule has 194 valence electrons. The Kier molecular flexibility index (Phi) is 12.1. The Morgan fingerprint density at radius 3 is 2.50 bits per heavy atom.